The molecule has 0 aliphatic heterocycles. The maximum atomic E-state index is 13.1. The Balaban J connectivity index is 1.66. The molecule has 0 aliphatic carbocycles. The summed E-state index contributed by atoms with van der Waals surface area (Å²) in [5, 5.41) is 4.91. The largest absolute Gasteiger partial charge is 0.325 e. The number of benzene rings is 2. The quantitative estimate of drug-likeness (QED) is 0.478. The maximum absolute atomic E-state index is 13.1. The van der Waals surface area contributed by atoms with Gasteiger partial charge in [-0.1, -0.05) is 35.3 Å². The van der Waals surface area contributed by atoms with E-state index < -0.39 is 0 Å². The van der Waals surface area contributed by atoms with Crippen molar-refractivity contribution in [3.05, 3.63) is 98.6 Å². The van der Waals surface area contributed by atoms with Gasteiger partial charge < -0.3 is 5.32 Å². The van der Waals surface area contributed by atoms with Crippen molar-refractivity contribution in [1.29, 1.82) is 0 Å². The molecular weight excluding hydrogens is 421 g/mol. The second kappa shape index (κ2) is 8.30. The number of aromatic nitrogens is 2. The summed E-state index contributed by atoms with van der Waals surface area (Å²) in [5.74, 6) is -0.215. The molecule has 4 rings (SSSR count). The van der Waals surface area contributed by atoms with E-state index >= 15 is 0 Å². The molecule has 0 unspecified atom stereocenters. The zero-order valence-corrected chi connectivity index (χ0v) is 17.5. The lowest BCUT2D eigenvalue weighted by atomic mass is 10.1. The second-order valence-corrected chi connectivity index (χ2v) is 7.65. The van der Waals surface area contributed by atoms with Crippen LogP contribution >= 0.6 is 23.2 Å². The van der Waals surface area contributed by atoms with Gasteiger partial charge in [-0.25, -0.2) is 0 Å². The average molecular weight is 438 g/mol. The number of nitrogens with one attached hydrogen (secondary N) is 1. The number of hydrogen-bond donors (Lipinski definition) is 1. The van der Waals surface area contributed by atoms with E-state index in [0.29, 0.717) is 26.5 Å². The minimum Gasteiger partial charge on any atom is -0.325 e. The van der Waals surface area contributed by atoms with Gasteiger partial charge in [-0.05, 0) is 55.0 Å². The van der Waals surface area contributed by atoms with Gasteiger partial charge in [0.25, 0.3) is 5.56 Å². The lowest BCUT2D eigenvalue weighted by Gasteiger charge is -2.12. The van der Waals surface area contributed by atoms with Crippen LogP contribution in [0.2, 0.25) is 10.0 Å². The first kappa shape index (κ1) is 20.1. The van der Waals surface area contributed by atoms with Gasteiger partial charge in [0.1, 0.15) is 0 Å². The molecule has 5 nitrogen and oxygen atoms in total. The van der Waals surface area contributed by atoms with Crippen molar-refractivity contribution in [2.45, 2.75) is 13.3 Å². The van der Waals surface area contributed by atoms with E-state index in [0.717, 1.165) is 16.9 Å². The van der Waals surface area contributed by atoms with Gasteiger partial charge in [-0.3, -0.25) is 19.1 Å². The Kier molecular flexibility index (Phi) is 5.57. The number of pyridine rings is 2. The predicted molar refractivity (Wildman–Crippen MR) is 121 cm³/mol. The number of hydrogen-bond acceptors (Lipinski definition) is 3. The number of aryl methyl sites for hydroxylation is 1. The molecule has 2 aromatic carbocycles. The summed E-state index contributed by atoms with van der Waals surface area (Å²) in [5.41, 5.74) is 2.62. The van der Waals surface area contributed by atoms with Crippen LogP contribution in [0.5, 0.6) is 0 Å². The van der Waals surface area contributed by atoms with Gasteiger partial charge in [0, 0.05) is 28.9 Å². The molecule has 0 bridgehead atoms. The highest BCUT2D eigenvalue weighted by Gasteiger charge is 2.12. The molecule has 1 amide bonds. The van der Waals surface area contributed by atoms with Crippen LogP contribution < -0.4 is 10.9 Å². The molecular formula is C23H17Cl2N3O2. The molecule has 0 spiro atoms. The minimum absolute atomic E-state index is 0.138. The van der Waals surface area contributed by atoms with Crippen molar-refractivity contribution in [3.8, 4) is 5.69 Å². The SMILES string of the molecule is Cc1ncccc1-n1ccc2c(NC(=O)Cc3ccc(Cl)c(Cl)c3)cccc2c1=O. The van der Waals surface area contributed by atoms with E-state index in [1.165, 1.54) is 0 Å². The summed E-state index contributed by atoms with van der Waals surface area (Å²) in [4.78, 5) is 29.9. The normalized spacial score (nSPS) is 10.9. The highest BCUT2D eigenvalue weighted by molar-refractivity contribution is 6.42. The molecule has 150 valence electrons. The molecule has 0 fully saturated rings. The molecule has 7 heteroatoms. The van der Waals surface area contributed by atoms with E-state index in [1.807, 2.05) is 19.1 Å². The Morgan fingerprint density at radius 3 is 2.63 bits per heavy atom. The maximum Gasteiger partial charge on any atom is 0.263 e. The van der Waals surface area contributed by atoms with E-state index in [1.54, 1.807) is 59.4 Å². The molecule has 0 saturated heterocycles. The number of halogens is 2. The van der Waals surface area contributed by atoms with Crippen molar-refractivity contribution in [3.63, 3.8) is 0 Å². The van der Waals surface area contributed by atoms with Crippen LogP contribution in [0.25, 0.3) is 16.5 Å². The van der Waals surface area contributed by atoms with E-state index in [4.69, 9.17) is 23.2 Å². The third-order valence-corrected chi connectivity index (χ3v) is 5.55. The number of carbonyl (C=O) groups is 1. The van der Waals surface area contributed by atoms with Crippen molar-refractivity contribution in [2.24, 2.45) is 0 Å². The summed E-state index contributed by atoms with van der Waals surface area (Å²) in [6.07, 6.45) is 3.52. The van der Waals surface area contributed by atoms with Crippen LogP contribution in [-0.4, -0.2) is 15.5 Å². The number of amides is 1. The molecule has 1 N–H and O–H groups in total. The standard InChI is InChI=1S/C23H17Cl2N3O2/c1-14-21(6-3-10-26-14)28-11-9-16-17(23(28)30)4-2-5-20(16)27-22(29)13-15-7-8-18(24)19(25)12-15/h2-12H,13H2,1H3,(H,27,29). The monoisotopic (exact) mass is 437 g/mol. The number of carbonyl (C=O) groups excluding carboxylic acids is 1. The average Bonchev–Trinajstić information content (AvgIpc) is 2.72. The summed E-state index contributed by atoms with van der Waals surface area (Å²) in [6, 6.07) is 15.8. The van der Waals surface area contributed by atoms with Crippen molar-refractivity contribution >= 4 is 45.6 Å². The first-order chi connectivity index (χ1) is 14.4. The smallest absolute Gasteiger partial charge is 0.263 e. The number of nitrogens with zero attached hydrogens (tertiary/aromatic N) is 2. The zero-order valence-electron chi connectivity index (χ0n) is 16.0. The van der Waals surface area contributed by atoms with Gasteiger partial charge in [0.05, 0.1) is 27.8 Å². The Morgan fingerprint density at radius 1 is 1.03 bits per heavy atom. The fourth-order valence-electron chi connectivity index (χ4n) is 3.34. The van der Waals surface area contributed by atoms with Crippen LogP contribution in [-0.2, 0) is 11.2 Å². The molecule has 2 aromatic heterocycles. The molecule has 0 radical (unpaired) electrons. The third kappa shape index (κ3) is 3.95. The topological polar surface area (TPSA) is 64.0 Å². The van der Waals surface area contributed by atoms with Crippen molar-refractivity contribution < 1.29 is 4.79 Å². The minimum atomic E-state index is -0.215. The molecule has 30 heavy (non-hydrogen) atoms. The van der Waals surface area contributed by atoms with Gasteiger partial charge in [-0.2, -0.15) is 0 Å². The van der Waals surface area contributed by atoms with Crippen LogP contribution in [0.3, 0.4) is 0 Å². The number of rotatable bonds is 4. The Morgan fingerprint density at radius 2 is 1.87 bits per heavy atom. The van der Waals surface area contributed by atoms with Gasteiger partial charge in [-0.15, -0.1) is 0 Å². The fourth-order valence-corrected chi connectivity index (χ4v) is 3.66. The lowest BCUT2D eigenvalue weighted by molar-refractivity contribution is -0.115. The Labute approximate surface area is 182 Å². The molecule has 0 aliphatic rings. The number of anilines is 1. The first-order valence-electron chi connectivity index (χ1n) is 9.24. The molecule has 2 heterocycles. The first-order valence-corrected chi connectivity index (χ1v) is 10.00. The van der Waals surface area contributed by atoms with Crippen LogP contribution in [0.1, 0.15) is 11.3 Å². The van der Waals surface area contributed by atoms with Crippen molar-refractivity contribution in [1.82, 2.24) is 9.55 Å². The van der Waals surface area contributed by atoms with Gasteiger partial charge in [0.2, 0.25) is 5.91 Å². The predicted octanol–water partition coefficient (Wildman–Crippen LogP) is 5.18. The van der Waals surface area contributed by atoms with E-state index in [2.05, 4.69) is 10.3 Å². The summed E-state index contributed by atoms with van der Waals surface area (Å²) < 4.78 is 1.56. The fraction of sp³-hybridized carbons (Fsp3) is 0.0870. The zero-order chi connectivity index (χ0) is 21.3. The summed E-state index contributed by atoms with van der Waals surface area (Å²) >= 11 is 12.0. The third-order valence-electron chi connectivity index (χ3n) is 4.81. The number of fused-ring (bicyclic) bond motifs is 1. The van der Waals surface area contributed by atoms with Gasteiger partial charge in [0.15, 0.2) is 0 Å². The van der Waals surface area contributed by atoms with Crippen molar-refractivity contribution in [2.75, 3.05) is 5.32 Å². The van der Waals surface area contributed by atoms with E-state index in [-0.39, 0.29) is 17.9 Å². The summed E-state index contributed by atoms with van der Waals surface area (Å²) in [7, 11) is 0. The molecule has 0 atom stereocenters. The highest BCUT2D eigenvalue weighted by atomic mass is 35.5. The van der Waals surface area contributed by atoms with Crippen LogP contribution in [0, 0.1) is 6.92 Å². The Hall–Kier alpha value is -3.15. The highest BCUT2D eigenvalue weighted by Crippen LogP contribution is 2.24. The van der Waals surface area contributed by atoms with E-state index in [9.17, 15) is 9.59 Å². The molecule has 0 saturated carbocycles. The van der Waals surface area contributed by atoms with Gasteiger partial charge >= 0.3 is 0 Å². The summed E-state index contributed by atoms with van der Waals surface area (Å²) in [6.45, 7) is 1.85. The van der Waals surface area contributed by atoms with Crippen LogP contribution in [0.4, 0.5) is 5.69 Å². The Bertz CT molecular complexity index is 1330. The lowest BCUT2D eigenvalue weighted by Crippen LogP contribution is -2.20. The second-order valence-electron chi connectivity index (χ2n) is 6.84. The van der Waals surface area contributed by atoms with Crippen LogP contribution in [0.15, 0.2) is 71.8 Å². The molecule has 4 aromatic rings.